The average molecular weight is 469 g/mol. The van der Waals surface area contributed by atoms with Gasteiger partial charge in [-0.2, -0.15) is 0 Å². The molecule has 0 fully saturated rings. The van der Waals surface area contributed by atoms with E-state index in [4.69, 9.17) is 16.7 Å². The second-order valence-electron chi connectivity index (χ2n) is 7.19. The molecule has 0 heterocycles. The Kier molecular flexibility index (Phi) is 8.67. The number of anilines is 1. The Labute approximate surface area is 193 Å². The van der Waals surface area contributed by atoms with Crippen molar-refractivity contribution in [1.29, 1.82) is 0 Å². The van der Waals surface area contributed by atoms with Crippen molar-refractivity contribution < 1.29 is 28.4 Å². The van der Waals surface area contributed by atoms with Crippen molar-refractivity contribution in [2.24, 2.45) is 11.5 Å². The molecule has 0 saturated carbocycles. The third kappa shape index (κ3) is 7.03. The van der Waals surface area contributed by atoms with E-state index < -0.39 is 35.9 Å². The van der Waals surface area contributed by atoms with Gasteiger partial charge >= 0.3 is 6.03 Å². The smallest absolute Gasteiger partial charge is 0.316 e. The van der Waals surface area contributed by atoms with Crippen LogP contribution in [0, 0.1) is 23.7 Å². The molecule has 0 saturated heterocycles. The summed E-state index contributed by atoms with van der Waals surface area (Å²) in [5, 5.41) is 13.3. The highest BCUT2D eigenvalue weighted by molar-refractivity contribution is 5.98. The second kappa shape index (κ2) is 11.4. The van der Waals surface area contributed by atoms with Crippen LogP contribution in [-0.4, -0.2) is 41.1 Å². The van der Waals surface area contributed by atoms with Crippen LogP contribution in [0.5, 0.6) is 0 Å². The molecule has 2 aromatic carbocycles. The lowest BCUT2D eigenvalue weighted by atomic mass is 9.92. The van der Waals surface area contributed by atoms with Gasteiger partial charge in [0.2, 0.25) is 0 Å². The first-order valence-electron chi connectivity index (χ1n) is 9.65. The fourth-order valence-electron chi connectivity index (χ4n) is 2.60. The fraction of sp³-hybridized carbons (Fsp3) is 0.174. The molecule has 8 N–H and O–H groups in total. The number of alkyl halides is 2. The molecule has 0 bridgehead atoms. The molecular weight excluding hydrogens is 448 g/mol. The number of urea groups is 1. The molecule has 2 atom stereocenters. The van der Waals surface area contributed by atoms with Gasteiger partial charge in [-0.05, 0) is 67.3 Å². The largest absolute Gasteiger partial charge is 0.351 e. The number of carbonyl (C=O) groups is 3. The highest BCUT2D eigenvalue weighted by atomic mass is 19.3. The number of amides is 4. The van der Waals surface area contributed by atoms with Gasteiger partial charge in [-0.1, -0.05) is 11.8 Å². The van der Waals surface area contributed by atoms with Gasteiger partial charge in [-0.25, -0.2) is 19.1 Å². The van der Waals surface area contributed by atoms with Gasteiger partial charge in [0, 0.05) is 22.4 Å². The predicted octanol–water partition coefficient (Wildman–Crippen LogP) is 1.17. The summed E-state index contributed by atoms with van der Waals surface area (Å²) in [4.78, 5) is 34.9. The topological polar surface area (TPSA) is 160 Å². The van der Waals surface area contributed by atoms with Gasteiger partial charge in [0.15, 0.2) is 0 Å². The van der Waals surface area contributed by atoms with Crippen molar-refractivity contribution in [2.75, 3.05) is 5.32 Å². The summed E-state index contributed by atoms with van der Waals surface area (Å²) in [5.74, 6) is 8.79. The molecule has 0 aliphatic rings. The molecule has 34 heavy (non-hydrogen) atoms. The Bertz CT molecular complexity index is 1170. The number of hydrogen-bond acceptors (Lipinski definition) is 5. The van der Waals surface area contributed by atoms with E-state index in [9.17, 15) is 23.2 Å². The highest BCUT2D eigenvalue weighted by Gasteiger charge is 2.44. The summed E-state index contributed by atoms with van der Waals surface area (Å²) in [6.45, 7) is 0.879. The van der Waals surface area contributed by atoms with E-state index in [1.54, 1.807) is 24.3 Å². The summed E-state index contributed by atoms with van der Waals surface area (Å²) < 4.78 is 26.4. The summed E-state index contributed by atoms with van der Waals surface area (Å²) >= 11 is 0. The number of halogens is 2. The van der Waals surface area contributed by atoms with Crippen LogP contribution in [0.15, 0.2) is 48.5 Å². The number of rotatable bonds is 6. The molecule has 11 heteroatoms. The third-order valence-electron chi connectivity index (χ3n) is 4.52. The van der Waals surface area contributed by atoms with E-state index in [-0.39, 0.29) is 5.56 Å². The van der Waals surface area contributed by atoms with Crippen LogP contribution in [0.2, 0.25) is 0 Å². The Morgan fingerprint density at radius 2 is 1.47 bits per heavy atom. The number of hydrogen-bond donors (Lipinski definition) is 6. The summed E-state index contributed by atoms with van der Waals surface area (Å²) in [6.07, 6.45) is -3.15. The van der Waals surface area contributed by atoms with Crippen molar-refractivity contribution in [3.8, 4) is 23.7 Å². The molecule has 176 valence electrons. The number of hydroxylamine groups is 1. The zero-order valence-corrected chi connectivity index (χ0v) is 17.9. The first-order valence-corrected chi connectivity index (χ1v) is 9.65. The zero-order chi connectivity index (χ0) is 25.3. The number of nitrogens with one attached hydrogen (secondary N) is 3. The average Bonchev–Trinajstić information content (AvgIpc) is 2.80. The predicted molar refractivity (Wildman–Crippen MR) is 120 cm³/mol. The van der Waals surface area contributed by atoms with Crippen LogP contribution in [-0.2, 0) is 4.79 Å². The van der Waals surface area contributed by atoms with E-state index in [1.807, 2.05) is 0 Å². The molecule has 9 nitrogen and oxygen atoms in total. The second-order valence-corrected chi connectivity index (χ2v) is 7.19. The number of nitrogens with two attached hydrogens (primary N) is 2. The van der Waals surface area contributed by atoms with Crippen molar-refractivity contribution in [1.82, 2.24) is 10.8 Å². The minimum absolute atomic E-state index is 0.0575. The SMILES string of the molecule is CC(N)(C(F)F)C(NC(=O)c1ccc(C#CC#Cc2ccc(NC(N)=O)cc2)cc1)C(=O)NO. The van der Waals surface area contributed by atoms with Crippen molar-refractivity contribution in [3.63, 3.8) is 0 Å². The Morgan fingerprint density at radius 1 is 0.971 bits per heavy atom. The Morgan fingerprint density at radius 3 is 1.91 bits per heavy atom. The first-order chi connectivity index (χ1) is 16.0. The highest BCUT2D eigenvalue weighted by Crippen LogP contribution is 2.18. The molecular formula is C23H21F2N5O4. The summed E-state index contributed by atoms with van der Waals surface area (Å²) in [6, 6.07) is 9.83. The van der Waals surface area contributed by atoms with E-state index in [2.05, 4.69) is 34.3 Å². The van der Waals surface area contributed by atoms with Crippen LogP contribution in [0.25, 0.3) is 0 Å². The maximum absolute atomic E-state index is 13.2. The van der Waals surface area contributed by atoms with Gasteiger partial charge in [0.25, 0.3) is 18.2 Å². The fourth-order valence-corrected chi connectivity index (χ4v) is 2.60. The van der Waals surface area contributed by atoms with Crippen molar-refractivity contribution >= 4 is 23.5 Å². The summed E-state index contributed by atoms with van der Waals surface area (Å²) in [5.41, 5.74) is 11.1. The lowest BCUT2D eigenvalue weighted by Crippen LogP contribution is -2.66. The minimum Gasteiger partial charge on any atom is -0.351 e. The quantitative estimate of drug-likeness (QED) is 0.212. The lowest BCUT2D eigenvalue weighted by Gasteiger charge is -2.32. The van der Waals surface area contributed by atoms with Crippen LogP contribution < -0.4 is 27.6 Å². The number of primary amides is 1. The molecule has 0 aliphatic heterocycles. The maximum Gasteiger partial charge on any atom is 0.316 e. The van der Waals surface area contributed by atoms with Gasteiger partial charge in [-0.15, -0.1) is 0 Å². The monoisotopic (exact) mass is 469 g/mol. The van der Waals surface area contributed by atoms with Crippen molar-refractivity contribution in [2.45, 2.75) is 24.9 Å². The van der Waals surface area contributed by atoms with Crippen LogP contribution in [0.3, 0.4) is 0 Å². The third-order valence-corrected chi connectivity index (χ3v) is 4.52. The first kappa shape index (κ1) is 25.8. The molecule has 0 spiro atoms. The van der Waals surface area contributed by atoms with Gasteiger partial charge < -0.3 is 22.1 Å². The standard InChI is InChI=1S/C23H21F2N5O4/c1-23(27,21(24)25)18(20(32)30-34)29-19(31)16-10-6-14(7-11-16)4-2-3-5-15-8-12-17(13-9-15)28-22(26)33/h6-13,18,21,34H,27H2,1H3,(H,29,31)(H,30,32)(H3,26,28,33). The summed E-state index contributed by atoms with van der Waals surface area (Å²) in [7, 11) is 0. The van der Waals surface area contributed by atoms with Gasteiger partial charge in [-0.3, -0.25) is 14.8 Å². The number of benzene rings is 2. The Balaban J connectivity index is 2.06. The number of carbonyl (C=O) groups excluding carboxylic acids is 3. The molecule has 2 rings (SSSR count). The molecule has 0 radical (unpaired) electrons. The minimum atomic E-state index is -3.15. The normalized spacial score (nSPS) is 12.6. The van der Waals surface area contributed by atoms with Gasteiger partial charge in [0.05, 0.1) is 0 Å². The van der Waals surface area contributed by atoms with Crippen LogP contribution in [0.1, 0.15) is 28.4 Å². The molecule has 0 aromatic heterocycles. The van der Waals surface area contributed by atoms with Crippen molar-refractivity contribution in [3.05, 3.63) is 65.2 Å². The van der Waals surface area contributed by atoms with E-state index in [0.717, 1.165) is 6.92 Å². The lowest BCUT2D eigenvalue weighted by molar-refractivity contribution is -0.134. The van der Waals surface area contributed by atoms with E-state index >= 15 is 0 Å². The Hall–Kier alpha value is -4.45. The van der Waals surface area contributed by atoms with E-state index in [0.29, 0.717) is 16.8 Å². The molecule has 0 aliphatic carbocycles. The van der Waals surface area contributed by atoms with Crippen LogP contribution >= 0.6 is 0 Å². The molecule has 2 unspecified atom stereocenters. The molecule has 2 aromatic rings. The van der Waals surface area contributed by atoms with Gasteiger partial charge in [0.1, 0.15) is 11.6 Å². The van der Waals surface area contributed by atoms with Crippen LogP contribution in [0.4, 0.5) is 19.3 Å². The maximum atomic E-state index is 13.2. The van der Waals surface area contributed by atoms with E-state index in [1.165, 1.54) is 29.7 Å². The molecule has 4 amide bonds. The zero-order valence-electron chi connectivity index (χ0n) is 17.9.